The monoisotopic (exact) mass is 255 g/mol. The van der Waals surface area contributed by atoms with Crippen LogP contribution in [0.25, 0.3) is 0 Å². The van der Waals surface area contributed by atoms with Crippen molar-refractivity contribution in [2.24, 2.45) is 0 Å². The summed E-state index contributed by atoms with van der Waals surface area (Å²) in [5.41, 5.74) is 2.61. The van der Waals surface area contributed by atoms with Crippen LogP contribution in [0.4, 0.5) is 0 Å². The van der Waals surface area contributed by atoms with E-state index in [-0.39, 0.29) is 0 Å². The molecule has 2 aromatic rings. The number of benzene rings is 2. The smallest absolute Gasteiger partial charge is 0.119 e. The van der Waals surface area contributed by atoms with E-state index in [1.807, 2.05) is 30.3 Å². The molecule has 1 atom stereocenters. The summed E-state index contributed by atoms with van der Waals surface area (Å²) in [6.07, 6.45) is 0. The Morgan fingerprint density at radius 2 is 1.68 bits per heavy atom. The summed E-state index contributed by atoms with van der Waals surface area (Å²) in [5, 5.41) is 3.46. The van der Waals surface area contributed by atoms with E-state index in [9.17, 15) is 0 Å². The van der Waals surface area contributed by atoms with Gasteiger partial charge in [-0.15, -0.1) is 0 Å². The van der Waals surface area contributed by atoms with E-state index in [2.05, 4.69) is 43.4 Å². The normalized spacial score (nSPS) is 12.1. The van der Waals surface area contributed by atoms with Crippen molar-refractivity contribution in [2.75, 3.05) is 13.2 Å². The zero-order valence-electron chi connectivity index (χ0n) is 11.6. The fourth-order valence-corrected chi connectivity index (χ4v) is 1.93. The first-order valence-corrected chi connectivity index (χ1v) is 6.73. The van der Waals surface area contributed by atoms with Crippen LogP contribution in [0.1, 0.15) is 24.1 Å². The first kappa shape index (κ1) is 13.6. The van der Waals surface area contributed by atoms with Gasteiger partial charge in [0, 0.05) is 12.6 Å². The molecule has 0 bridgehead atoms. The Morgan fingerprint density at radius 3 is 2.37 bits per heavy atom. The van der Waals surface area contributed by atoms with Crippen LogP contribution >= 0.6 is 0 Å². The second-order valence-corrected chi connectivity index (χ2v) is 4.75. The van der Waals surface area contributed by atoms with Crippen LogP contribution in [-0.4, -0.2) is 13.2 Å². The Balaban J connectivity index is 1.72. The Morgan fingerprint density at radius 1 is 1.00 bits per heavy atom. The predicted octanol–water partition coefficient (Wildman–Crippen LogP) is 3.72. The van der Waals surface area contributed by atoms with Crippen molar-refractivity contribution in [2.45, 2.75) is 19.9 Å². The van der Waals surface area contributed by atoms with Gasteiger partial charge in [0.1, 0.15) is 12.4 Å². The molecule has 19 heavy (non-hydrogen) atoms. The third-order valence-corrected chi connectivity index (χ3v) is 3.14. The van der Waals surface area contributed by atoms with E-state index >= 15 is 0 Å². The van der Waals surface area contributed by atoms with E-state index in [0.717, 1.165) is 12.3 Å². The van der Waals surface area contributed by atoms with Crippen molar-refractivity contribution in [1.82, 2.24) is 5.32 Å². The van der Waals surface area contributed by atoms with E-state index in [1.54, 1.807) is 0 Å². The standard InChI is InChI=1S/C17H21NO/c1-14-8-10-16(11-9-14)15(2)18-12-13-19-17-6-4-3-5-7-17/h3-11,15,18H,12-13H2,1-2H3/t15-/m1/s1. The number of nitrogens with one attached hydrogen (secondary N) is 1. The quantitative estimate of drug-likeness (QED) is 0.794. The highest BCUT2D eigenvalue weighted by Crippen LogP contribution is 2.13. The summed E-state index contributed by atoms with van der Waals surface area (Å²) in [7, 11) is 0. The Kier molecular flexibility index (Phi) is 4.99. The molecule has 0 heterocycles. The summed E-state index contributed by atoms with van der Waals surface area (Å²) in [6, 6.07) is 18.9. The van der Waals surface area contributed by atoms with Gasteiger partial charge in [-0.25, -0.2) is 0 Å². The maximum absolute atomic E-state index is 5.65. The van der Waals surface area contributed by atoms with Crippen LogP contribution in [-0.2, 0) is 0 Å². The molecule has 0 saturated carbocycles. The van der Waals surface area contributed by atoms with Gasteiger partial charge >= 0.3 is 0 Å². The van der Waals surface area contributed by atoms with Gasteiger partial charge in [0.15, 0.2) is 0 Å². The van der Waals surface area contributed by atoms with E-state index in [1.165, 1.54) is 11.1 Å². The van der Waals surface area contributed by atoms with Crippen LogP contribution in [0.3, 0.4) is 0 Å². The highest BCUT2D eigenvalue weighted by Gasteiger charge is 2.03. The summed E-state index contributed by atoms with van der Waals surface area (Å²) < 4.78 is 5.65. The zero-order valence-corrected chi connectivity index (χ0v) is 11.6. The molecule has 0 aliphatic heterocycles. The molecule has 0 amide bonds. The van der Waals surface area contributed by atoms with Crippen molar-refractivity contribution in [3.05, 3.63) is 65.7 Å². The van der Waals surface area contributed by atoms with Gasteiger partial charge < -0.3 is 10.1 Å². The molecule has 2 nitrogen and oxygen atoms in total. The lowest BCUT2D eigenvalue weighted by atomic mass is 10.1. The second kappa shape index (κ2) is 6.95. The Labute approximate surface area is 115 Å². The maximum Gasteiger partial charge on any atom is 0.119 e. The second-order valence-electron chi connectivity index (χ2n) is 4.75. The summed E-state index contributed by atoms with van der Waals surface area (Å²) in [4.78, 5) is 0. The average molecular weight is 255 g/mol. The molecule has 0 aromatic heterocycles. The van der Waals surface area contributed by atoms with E-state index < -0.39 is 0 Å². The third kappa shape index (κ3) is 4.42. The van der Waals surface area contributed by atoms with Gasteiger partial charge in [-0.1, -0.05) is 48.0 Å². The number of para-hydroxylation sites is 1. The molecule has 1 N–H and O–H groups in total. The van der Waals surface area contributed by atoms with Crippen LogP contribution < -0.4 is 10.1 Å². The van der Waals surface area contributed by atoms with Gasteiger partial charge in [0.25, 0.3) is 0 Å². The average Bonchev–Trinajstić information content (AvgIpc) is 2.45. The lowest BCUT2D eigenvalue weighted by molar-refractivity contribution is 0.307. The molecule has 2 heteroatoms. The SMILES string of the molecule is Cc1ccc([C@@H](C)NCCOc2ccccc2)cc1. The minimum Gasteiger partial charge on any atom is -0.492 e. The van der Waals surface area contributed by atoms with Gasteiger partial charge in [-0.3, -0.25) is 0 Å². The maximum atomic E-state index is 5.65. The molecular weight excluding hydrogens is 234 g/mol. The summed E-state index contributed by atoms with van der Waals surface area (Å²) >= 11 is 0. The largest absolute Gasteiger partial charge is 0.492 e. The molecule has 0 fully saturated rings. The van der Waals surface area contributed by atoms with Gasteiger partial charge in [0.2, 0.25) is 0 Å². The van der Waals surface area contributed by atoms with Crippen molar-refractivity contribution >= 4 is 0 Å². The number of rotatable bonds is 6. The first-order chi connectivity index (χ1) is 9.25. The lowest BCUT2D eigenvalue weighted by Crippen LogP contribution is -2.24. The van der Waals surface area contributed by atoms with Crippen LogP contribution in [0.2, 0.25) is 0 Å². The van der Waals surface area contributed by atoms with E-state index in [4.69, 9.17) is 4.74 Å². The molecular formula is C17H21NO. The van der Waals surface area contributed by atoms with Gasteiger partial charge in [0.05, 0.1) is 0 Å². The zero-order chi connectivity index (χ0) is 13.5. The van der Waals surface area contributed by atoms with E-state index in [0.29, 0.717) is 12.6 Å². The van der Waals surface area contributed by atoms with Crippen molar-refractivity contribution in [1.29, 1.82) is 0 Å². The van der Waals surface area contributed by atoms with Gasteiger partial charge in [-0.2, -0.15) is 0 Å². The Hall–Kier alpha value is -1.80. The molecule has 0 aliphatic carbocycles. The fourth-order valence-electron chi connectivity index (χ4n) is 1.93. The number of aryl methyl sites for hydroxylation is 1. The molecule has 100 valence electrons. The molecule has 0 saturated heterocycles. The molecule has 2 aromatic carbocycles. The van der Waals surface area contributed by atoms with Crippen LogP contribution in [0, 0.1) is 6.92 Å². The highest BCUT2D eigenvalue weighted by molar-refractivity contribution is 5.23. The van der Waals surface area contributed by atoms with Crippen molar-refractivity contribution < 1.29 is 4.74 Å². The summed E-state index contributed by atoms with van der Waals surface area (Å²) in [6.45, 7) is 5.80. The predicted molar refractivity (Wildman–Crippen MR) is 79.5 cm³/mol. The molecule has 0 spiro atoms. The van der Waals surface area contributed by atoms with Gasteiger partial charge in [-0.05, 0) is 31.5 Å². The number of ether oxygens (including phenoxy) is 1. The molecule has 0 radical (unpaired) electrons. The number of hydrogen-bond donors (Lipinski definition) is 1. The third-order valence-electron chi connectivity index (χ3n) is 3.14. The minimum atomic E-state index is 0.347. The molecule has 0 aliphatic rings. The topological polar surface area (TPSA) is 21.3 Å². The van der Waals surface area contributed by atoms with Crippen molar-refractivity contribution in [3.63, 3.8) is 0 Å². The Bertz CT molecular complexity index is 478. The lowest BCUT2D eigenvalue weighted by Gasteiger charge is -2.15. The van der Waals surface area contributed by atoms with Crippen LogP contribution in [0.5, 0.6) is 5.75 Å². The molecule has 2 rings (SSSR count). The first-order valence-electron chi connectivity index (χ1n) is 6.73. The highest BCUT2D eigenvalue weighted by atomic mass is 16.5. The number of hydrogen-bond acceptors (Lipinski definition) is 2. The molecule has 0 unspecified atom stereocenters. The fraction of sp³-hybridized carbons (Fsp3) is 0.294. The summed E-state index contributed by atoms with van der Waals surface area (Å²) in [5.74, 6) is 0.923. The van der Waals surface area contributed by atoms with Crippen molar-refractivity contribution in [3.8, 4) is 5.75 Å². The minimum absolute atomic E-state index is 0.347. The van der Waals surface area contributed by atoms with Crippen LogP contribution in [0.15, 0.2) is 54.6 Å².